The summed E-state index contributed by atoms with van der Waals surface area (Å²) in [6.07, 6.45) is 1.96. The first-order valence-electron chi connectivity index (χ1n) is 9.72. The smallest absolute Gasteiger partial charge is 0.280 e. The highest BCUT2D eigenvalue weighted by molar-refractivity contribution is 6.03. The molecule has 0 atom stereocenters. The molecule has 1 N–H and O–H groups in total. The van der Waals surface area contributed by atoms with E-state index in [0.29, 0.717) is 35.0 Å². The molecule has 30 heavy (non-hydrogen) atoms. The van der Waals surface area contributed by atoms with E-state index in [0.717, 1.165) is 18.4 Å². The third-order valence-corrected chi connectivity index (χ3v) is 4.81. The van der Waals surface area contributed by atoms with E-state index in [-0.39, 0.29) is 11.2 Å². The van der Waals surface area contributed by atoms with Crippen LogP contribution in [0.25, 0.3) is 16.9 Å². The number of nitrogens with zero attached hydrogens (tertiary/aromatic N) is 3. The van der Waals surface area contributed by atoms with Gasteiger partial charge >= 0.3 is 0 Å². The predicted octanol–water partition coefficient (Wildman–Crippen LogP) is 4.36. The van der Waals surface area contributed by atoms with E-state index in [1.54, 1.807) is 19.2 Å². The van der Waals surface area contributed by atoms with Gasteiger partial charge in [0.05, 0.1) is 29.0 Å². The monoisotopic (exact) mass is 408 g/mol. The lowest BCUT2D eigenvalue weighted by Crippen LogP contribution is -2.19. The highest BCUT2D eigenvalue weighted by Crippen LogP contribution is 2.24. The molecule has 156 valence electrons. The van der Waals surface area contributed by atoms with Crippen molar-refractivity contribution < 1.29 is 9.66 Å². The van der Waals surface area contributed by atoms with Crippen LogP contribution in [-0.2, 0) is 0 Å². The van der Waals surface area contributed by atoms with Crippen LogP contribution in [0.2, 0.25) is 0 Å². The van der Waals surface area contributed by atoms with Crippen molar-refractivity contribution in [2.75, 3.05) is 13.7 Å². The maximum atomic E-state index is 13.3. The number of benzene rings is 2. The summed E-state index contributed by atoms with van der Waals surface area (Å²) in [5.41, 5.74) is 2.80. The van der Waals surface area contributed by atoms with E-state index < -0.39 is 4.92 Å². The minimum atomic E-state index is -0.472. The lowest BCUT2D eigenvalue weighted by atomic mass is 10.0. The van der Waals surface area contributed by atoms with Gasteiger partial charge in [0.1, 0.15) is 5.75 Å². The summed E-state index contributed by atoms with van der Waals surface area (Å²) in [4.78, 5) is 28.3. The zero-order chi connectivity index (χ0) is 21.7. The third kappa shape index (κ3) is 4.32. The number of methoxy groups -OCH3 is 1. The van der Waals surface area contributed by atoms with Crippen molar-refractivity contribution >= 4 is 11.4 Å². The van der Waals surface area contributed by atoms with Gasteiger partial charge in [-0.15, -0.1) is 0 Å². The molecule has 3 rings (SSSR count). The standard InChI is InChI=1S/C22H24N4O4/c1-4-5-14-23-15(2)20-21(16-6-12-19(30-3)13-7-16)24-25(22(20)27)17-8-10-18(11-9-17)26(28)29/h6-13,24H,4-5,14H2,1-3H3. The first kappa shape index (κ1) is 21.0. The summed E-state index contributed by atoms with van der Waals surface area (Å²) >= 11 is 0. The van der Waals surface area contributed by atoms with E-state index >= 15 is 0 Å². The molecular weight excluding hydrogens is 384 g/mol. The fourth-order valence-corrected chi connectivity index (χ4v) is 3.13. The van der Waals surface area contributed by atoms with Crippen molar-refractivity contribution in [1.82, 2.24) is 9.78 Å². The highest BCUT2D eigenvalue weighted by atomic mass is 16.6. The molecule has 0 aliphatic rings. The maximum absolute atomic E-state index is 13.3. The molecule has 0 radical (unpaired) electrons. The molecule has 1 aromatic heterocycles. The number of hydrogen-bond acceptors (Lipinski definition) is 5. The molecule has 0 saturated heterocycles. The van der Waals surface area contributed by atoms with Crippen LogP contribution < -0.4 is 10.3 Å². The number of aliphatic imine (C=N–C) groups is 1. The summed E-state index contributed by atoms with van der Waals surface area (Å²) < 4.78 is 6.61. The van der Waals surface area contributed by atoms with Crippen LogP contribution >= 0.6 is 0 Å². The molecule has 8 nitrogen and oxygen atoms in total. The number of non-ortho nitro benzene ring substituents is 1. The van der Waals surface area contributed by atoms with E-state index in [1.165, 1.54) is 16.8 Å². The number of hydrogen-bond donors (Lipinski definition) is 1. The van der Waals surface area contributed by atoms with Crippen LogP contribution in [-0.4, -0.2) is 34.1 Å². The number of nitro groups is 1. The molecule has 1 heterocycles. The Morgan fingerprint density at radius 3 is 2.40 bits per heavy atom. The largest absolute Gasteiger partial charge is 0.497 e. The van der Waals surface area contributed by atoms with Gasteiger partial charge in [0.2, 0.25) is 0 Å². The van der Waals surface area contributed by atoms with Gasteiger partial charge in [-0.2, -0.15) is 0 Å². The van der Waals surface area contributed by atoms with Crippen molar-refractivity contribution in [3.05, 3.63) is 74.6 Å². The van der Waals surface area contributed by atoms with Gasteiger partial charge in [-0.3, -0.25) is 25.0 Å². The maximum Gasteiger partial charge on any atom is 0.280 e. The minimum Gasteiger partial charge on any atom is -0.497 e. The molecule has 0 spiro atoms. The summed E-state index contributed by atoms with van der Waals surface area (Å²) in [7, 11) is 1.60. The number of rotatable bonds is 8. The number of aromatic amines is 1. The molecule has 0 bridgehead atoms. The highest BCUT2D eigenvalue weighted by Gasteiger charge is 2.19. The second kappa shape index (κ2) is 9.21. The summed E-state index contributed by atoms with van der Waals surface area (Å²) in [5.74, 6) is 0.714. The fraction of sp³-hybridized carbons (Fsp3) is 0.273. The van der Waals surface area contributed by atoms with Crippen molar-refractivity contribution in [2.45, 2.75) is 26.7 Å². The number of nitrogens with one attached hydrogen (secondary N) is 1. The number of nitro benzene ring substituents is 1. The molecular formula is C22H24N4O4. The number of ether oxygens (including phenoxy) is 1. The Morgan fingerprint density at radius 1 is 1.17 bits per heavy atom. The van der Waals surface area contributed by atoms with Crippen molar-refractivity contribution in [3.63, 3.8) is 0 Å². The average Bonchev–Trinajstić information content (AvgIpc) is 3.11. The van der Waals surface area contributed by atoms with Gasteiger partial charge in [-0.05, 0) is 49.7 Å². The van der Waals surface area contributed by atoms with Crippen molar-refractivity contribution in [3.8, 4) is 22.7 Å². The van der Waals surface area contributed by atoms with Crippen molar-refractivity contribution in [1.29, 1.82) is 0 Å². The lowest BCUT2D eigenvalue weighted by molar-refractivity contribution is -0.384. The van der Waals surface area contributed by atoms with Gasteiger partial charge in [-0.1, -0.05) is 13.3 Å². The molecule has 0 fully saturated rings. The number of H-pyrrole nitrogens is 1. The second-order valence-electron chi connectivity index (χ2n) is 6.83. The van der Waals surface area contributed by atoms with Gasteiger partial charge in [-0.25, -0.2) is 4.68 Å². The zero-order valence-electron chi connectivity index (χ0n) is 17.2. The normalized spacial score (nSPS) is 11.5. The fourth-order valence-electron chi connectivity index (χ4n) is 3.13. The predicted molar refractivity (Wildman–Crippen MR) is 117 cm³/mol. The molecule has 8 heteroatoms. The van der Waals surface area contributed by atoms with E-state index in [9.17, 15) is 14.9 Å². The van der Waals surface area contributed by atoms with E-state index in [4.69, 9.17) is 4.74 Å². The molecule has 0 unspecified atom stereocenters. The van der Waals surface area contributed by atoms with Gasteiger partial charge in [0, 0.05) is 30.0 Å². The zero-order valence-corrected chi connectivity index (χ0v) is 17.2. The van der Waals surface area contributed by atoms with Crippen LogP contribution in [0.15, 0.2) is 58.3 Å². The van der Waals surface area contributed by atoms with Crippen LogP contribution in [0, 0.1) is 10.1 Å². The lowest BCUT2D eigenvalue weighted by Gasteiger charge is -2.05. The Hall–Kier alpha value is -3.68. The summed E-state index contributed by atoms with van der Waals surface area (Å²) in [5, 5.41) is 14.1. The summed E-state index contributed by atoms with van der Waals surface area (Å²) in [6, 6.07) is 13.2. The number of aromatic nitrogens is 2. The first-order valence-corrected chi connectivity index (χ1v) is 9.72. The van der Waals surface area contributed by atoms with Gasteiger partial charge < -0.3 is 4.74 Å². The minimum absolute atomic E-state index is 0.0359. The summed E-state index contributed by atoms with van der Waals surface area (Å²) in [6.45, 7) is 4.56. The Morgan fingerprint density at radius 2 is 1.83 bits per heavy atom. The Kier molecular flexibility index (Phi) is 6.46. The van der Waals surface area contributed by atoms with Crippen LogP contribution in [0.3, 0.4) is 0 Å². The molecule has 0 saturated carbocycles. The SMILES string of the molecule is CCCCN=C(C)c1c(-c2ccc(OC)cc2)[nH]n(-c2ccc([N+](=O)[O-])cc2)c1=O. The van der Waals surface area contributed by atoms with Crippen LogP contribution in [0.5, 0.6) is 5.75 Å². The second-order valence-corrected chi connectivity index (χ2v) is 6.83. The molecule has 3 aromatic rings. The van der Waals surface area contributed by atoms with E-state index in [2.05, 4.69) is 17.0 Å². The van der Waals surface area contributed by atoms with Gasteiger partial charge in [0.15, 0.2) is 0 Å². The van der Waals surface area contributed by atoms with Gasteiger partial charge in [0.25, 0.3) is 11.2 Å². The van der Waals surface area contributed by atoms with Crippen molar-refractivity contribution in [2.24, 2.45) is 4.99 Å². The molecule has 2 aromatic carbocycles. The quantitative estimate of drug-likeness (QED) is 0.259. The van der Waals surface area contributed by atoms with E-state index in [1.807, 2.05) is 31.2 Å². The van der Waals surface area contributed by atoms with Crippen LogP contribution in [0.4, 0.5) is 5.69 Å². The van der Waals surface area contributed by atoms with Crippen LogP contribution in [0.1, 0.15) is 32.3 Å². The molecule has 0 aliphatic carbocycles. The Bertz CT molecular complexity index is 1110. The first-order chi connectivity index (χ1) is 14.5. The third-order valence-electron chi connectivity index (χ3n) is 4.81. The Labute approximate surface area is 174 Å². The Balaban J connectivity index is 2.14. The number of unbranched alkanes of at least 4 members (excludes halogenated alkanes) is 1. The molecule has 0 amide bonds. The average molecular weight is 408 g/mol. The molecule has 0 aliphatic heterocycles. The topological polar surface area (TPSA) is 103 Å².